The molecule has 0 saturated carbocycles. The molecule has 0 unspecified atom stereocenters. The summed E-state index contributed by atoms with van der Waals surface area (Å²) in [4.78, 5) is 54.1. The molecule has 2 bridgehead atoms. The highest BCUT2D eigenvalue weighted by atomic mass is 16.7. The van der Waals surface area contributed by atoms with Crippen molar-refractivity contribution in [2.75, 3.05) is 4.90 Å². The van der Waals surface area contributed by atoms with Crippen molar-refractivity contribution < 1.29 is 33.4 Å². The lowest BCUT2D eigenvalue weighted by Crippen LogP contribution is -2.52. The van der Waals surface area contributed by atoms with Crippen molar-refractivity contribution in [1.29, 1.82) is 0 Å². The van der Waals surface area contributed by atoms with E-state index in [-0.39, 0.29) is 0 Å². The molecule has 2 fully saturated rings. The van der Waals surface area contributed by atoms with E-state index in [1.54, 1.807) is 18.2 Å². The molecule has 0 aromatic carbocycles. The topological polar surface area (TPSA) is 112 Å². The molecule has 27 heavy (non-hydrogen) atoms. The zero-order chi connectivity index (χ0) is 19.3. The molecular weight excluding hydrogens is 356 g/mol. The van der Waals surface area contributed by atoms with Crippen LogP contribution >= 0.6 is 0 Å². The third-order valence-electron chi connectivity index (χ3n) is 4.90. The van der Waals surface area contributed by atoms with E-state index in [2.05, 4.69) is 4.98 Å². The van der Waals surface area contributed by atoms with Gasteiger partial charge in [-0.15, -0.1) is 0 Å². The number of hydrogen-bond donors (Lipinski definition) is 0. The highest BCUT2D eigenvalue weighted by Crippen LogP contribution is 2.54. The van der Waals surface area contributed by atoms with Crippen LogP contribution in [0, 0.1) is 11.8 Å². The van der Waals surface area contributed by atoms with E-state index >= 15 is 0 Å². The summed E-state index contributed by atoms with van der Waals surface area (Å²) >= 11 is 0. The number of esters is 2. The van der Waals surface area contributed by atoms with Crippen LogP contribution in [0.2, 0.25) is 0 Å². The molecular formula is C18H16N2O7. The van der Waals surface area contributed by atoms with Crippen LogP contribution in [-0.4, -0.2) is 46.7 Å². The van der Waals surface area contributed by atoms with Crippen molar-refractivity contribution in [1.82, 2.24) is 4.98 Å². The maximum absolute atomic E-state index is 13.2. The summed E-state index contributed by atoms with van der Waals surface area (Å²) in [6.45, 7) is 2.30. The molecule has 1 aromatic rings. The number of anilines is 1. The van der Waals surface area contributed by atoms with E-state index < -0.39 is 53.6 Å². The summed E-state index contributed by atoms with van der Waals surface area (Å²) in [5.41, 5.74) is -1.20. The molecule has 9 heteroatoms. The van der Waals surface area contributed by atoms with Crippen LogP contribution in [0.4, 0.5) is 5.69 Å². The molecule has 0 N–H and O–H groups in total. The Morgan fingerprint density at radius 1 is 1.22 bits per heavy atom. The standard InChI is InChI=1S/C18H16N2O7/c1-9(21)25-17(26-10(2)22)18-6-5-12(27-18)13-14(18)16(24)20(15(13)23)11-4-3-7-19-8-11/h3-8,12-14,17H,1-2H3/t12-,13-,14+,18+/m1/s1. The number of aromatic nitrogens is 1. The van der Waals surface area contributed by atoms with Crippen LogP contribution in [0.15, 0.2) is 36.7 Å². The summed E-state index contributed by atoms with van der Waals surface area (Å²) in [6, 6.07) is 3.21. The summed E-state index contributed by atoms with van der Waals surface area (Å²) in [6.07, 6.45) is 3.95. The lowest BCUT2D eigenvalue weighted by molar-refractivity contribution is -0.226. The molecule has 3 aliphatic rings. The van der Waals surface area contributed by atoms with Gasteiger partial charge >= 0.3 is 11.9 Å². The Kier molecular flexibility index (Phi) is 3.84. The fraction of sp³-hybridized carbons (Fsp3) is 0.389. The monoisotopic (exact) mass is 372 g/mol. The Hall–Kier alpha value is -3.07. The number of fused-ring (bicyclic) bond motifs is 5. The van der Waals surface area contributed by atoms with Gasteiger partial charge in [0.05, 0.1) is 29.8 Å². The van der Waals surface area contributed by atoms with Gasteiger partial charge in [0.2, 0.25) is 11.8 Å². The van der Waals surface area contributed by atoms with Crippen LogP contribution in [0.1, 0.15) is 13.8 Å². The maximum atomic E-state index is 13.2. The second-order valence-electron chi connectivity index (χ2n) is 6.57. The van der Waals surface area contributed by atoms with Crippen LogP contribution in [0.25, 0.3) is 0 Å². The van der Waals surface area contributed by atoms with Crippen molar-refractivity contribution in [3.8, 4) is 0 Å². The Bertz CT molecular complexity index is 852. The van der Waals surface area contributed by atoms with E-state index in [0.717, 1.165) is 18.7 Å². The molecule has 0 radical (unpaired) electrons. The van der Waals surface area contributed by atoms with Gasteiger partial charge in [0.25, 0.3) is 6.29 Å². The summed E-state index contributed by atoms with van der Waals surface area (Å²) in [5.74, 6) is -4.14. The first-order valence-electron chi connectivity index (χ1n) is 8.34. The number of pyridine rings is 1. The first kappa shape index (κ1) is 17.3. The van der Waals surface area contributed by atoms with Gasteiger partial charge in [0.1, 0.15) is 0 Å². The van der Waals surface area contributed by atoms with Crippen molar-refractivity contribution in [2.45, 2.75) is 31.8 Å². The lowest BCUT2D eigenvalue weighted by atomic mass is 9.76. The summed E-state index contributed by atoms with van der Waals surface area (Å²) < 4.78 is 16.2. The Morgan fingerprint density at radius 3 is 2.52 bits per heavy atom. The number of nitrogens with zero attached hydrogens (tertiary/aromatic N) is 2. The second-order valence-corrected chi connectivity index (χ2v) is 6.57. The molecule has 0 spiro atoms. The number of carbonyl (C=O) groups is 4. The molecule has 4 heterocycles. The number of carbonyl (C=O) groups excluding carboxylic acids is 4. The average molecular weight is 372 g/mol. The third kappa shape index (κ3) is 2.46. The maximum Gasteiger partial charge on any atom is 0.305 e. The quantitative estimate of drug-likeness (QED) is 0.322. The minimum atomic E-state index is -1.55. The van der Waals surface area contributed by atoms with Gasteiger partial charge in [-0.05, 0) is 18.2 Å². The molecule has 140 valence electrons. The van der Waals surface area contributed by atoms with Crippen molar-refractivity contribution >= 4 is 29.4 Å². The zero-order valence-corrected chi connectivity index (χ0v) is 14.5. The van der Waals surface area contributed by atoms with E-state index in [0.29, 0.717) is 5.69 Å². The molecule has 1 aromatic heterocycles. The fourth-order valence-electron chi connectivity index (χ4n) is 3.96. The van der Waals surface area contributed by atoms with Crippen LogP contribution in [0.5, 0.6) is 0 Å². The Morgan fingerprint density at radius 2 is 1.93 bits per heavy atom. The third-order valence-corrected chi connectivity index (χ3v) is 4.90. The highest BCUT2D eigenvalue weighted by molar-refractivity contribution is 6.23. The molecule has 4 atom stereocenters. The minimum Gasteiger partial charge on any atom is -0.422 e. The molecule has 4 rings (SSSR count). The van der Waals surface area contributed by atoms with Gasteiger partial charge in [-0.3, -0.25) is 24.2 Å². The van der Waals surface area contributed by atoms with E-state index in [4.69, 9.17) is 14.2 Å². The fourth-order valence-corrected chi connectivity index (χ4v) is 3.96. The SMILES string of the molecule is CC(=O)OC(OC(C)=O)[C@@]12C=C[C@@H](O1)[C@H]1C(=O)N(c3cccnc3)C(=O)[C@H]12. The summed E-state index contributed by atoms with van der Waals surface area (Å²) in [5, 5.41) is 0. The lowest BCUT2D eigenvalue weighted by Gasteiger charge is -2.34. The van der Waals surface area contributed by atoms with E-state index in [1.807, 2.05) is 0 Å². The number of hydrogen-bond acceptors (Lipinski definition) is 8. The predicted octanol–water partition coefficient (Wildman–Crippen LogP) is 0.347. The van der Waals surface area contributed by atoms with Crippen LogP contribution < -0.4 is 4.90 Å². The smallest absolute Gasteiger partial charge is 0.305 e. The zero-order valence-electron chi connectivity index (χ0n) is 14.5. The predicted molar refractivity (Wildman–Crippen MR) is 87.8 cm³/mol. The normalized spacial score (nSPS) is 30.8. The number of rotatable bonds is 4. The Labute approximate surface area is 153 Å². The van der Waals surface area contributed by atoms with Gasteiger partial charge in [-0.25, -0.2) is 4.90 Å². The highest BCUT2D eigenvalue weighted by Gasteiger charge is 2.72. The largest absolute Gasteiger partial charge is 0.422 e. The van der Waals surface area contributed by atoms with Gasteiger partial charge in [0, 0.05) is 20.0 Å². The average Bonchev–Trinajstić information content (AvgIpc) is 3.26. The van der Waals surface area contributed by atoms with Gasteiger partial charge < -0.3 is 14.2 Å². The van der Waals surface area contributed by atoms with Crippen molar-refractivity contribution in [2.24, 2.45) is 11.8 Å². The van der Waals surface area contributed by atoms with E-state index in [9.17, 15) is 19.2 Å². The minimum absolute atomic E-state index is 0.341. The van der Waals surface area contributed by atoms with Crippen molar-refractivity contribution in [3.05, 3.63) is 36.7 Å². The van der Waals surface area contributed by atoms with Crippen LogP contribution in [-0.2, 0) is 33.4 Å². The first-order chi connectivity index (χ1) is 12.8. The molecule has 2 amide bonds. The summed E-state index contributed by atoms with van der Waals surface area (Å²) in [7, 11) is 0. The second kappa shape index (κ2) is 5.98. The Balaban J connectivity index is 1.75. The van der Waals surface area contributed by atoms with Gasteiger partial charge in [-0.1, -0.05) is 6.08 Å². The molecule has 2 saturated heterocycles. The number of ether oxygens (including phenoxy) is 3. The number of imide groups is 1. The number of amides is 2. The molecule has 0 aliphatic carbocycles. The first-order valence-corrected chi connectivity index (χ1v) is 8.34. The molecule has 3 aliphatic heterocycles. The van der Waals surface area contributed by atoms with Crippen molar-refractivity contribution in [3.63, 3.8) is 0 Å². The van der Waals surface area contributed by atoms with E-state index in [1.165, 1.54) is 18.5 Å². The van der Waals surface area contributed by atoms with Gasteiger partial charge in [0.15, 0.2) is 5.60 Å². The van der Waals surface area contributed by atoms with Crippen LogP contribution in [0.3, 0.4) is 0 Å². The van der Waals surface area contributed by atoms with Gasteiger partial charge in [-0.2, -0.15) is 0 Å². The molecule has 9 nitrogen and oxygen atoms in total.